The number of rotatable bonds is 3. The Labute approximate surface area is 85.7 Å². The Balaban J connectivity index is 0.00000144. The minimum Gasteiger partial charge on any atom is -0.328 e. The van der Waals surface area contributed by atoms with Crippen LogP contribution < -0.4 is 10.5 Å². The molecule has 0 bridgehead atoms. The van der Waals surface area contributed by atoms with Crippen molar-refractivity contribution in [1.29, 1.82) is 0 Å². The van der Waals surface area contributed by atoms with Gasteiger partial charge < -0.3 is 5.73 Å². The quantitative estimate of drug-likeness (QED) is 0.719. The van der Waals surface area contributed by atoms with Gasteiger partial charge >= 0.3 is 0 Å². The van der Waals surface area contributed by atoms with E-state index >= 15 is 0 Å². The molecule has 1 aliphatic rings. The number of sulfonamides is 1. The molecule has 0 aromatic rings. The minimum absolute atomic E-state index is 0. The Morgan fingerprint density at radius 2 is 2.08 bits per heavy atom. The van der Waals surface area contributed by atoms with Crippen molar-refractivity contribution in [3.05, 3.63) is 0 Å². The molecule has 2 atom stereocenters. The van der Waals surface area contributed by atoms with Crippen LogP contribution in [0.3, 0.4) is 0 Å². The van der Waals surface area contributed by atoms with Gasteiger partial charge in [-0.05, 0) is 32.2 Å². The molecule has 0 aromatic heterocycles. The average Bonchev–Trinajstić information content (AvgIpc) is 2.35. The number of hydrogen-bond acceptors (Lipinski definition) is 3. The van der Waals surface area contributed by atoms with Crippen LogP contribution in [0.2, 0.25) is 0 Å². The Bertz CT molecular complexity index is 243. The Hall–Kier alpha value is 0.160. The molecule has 0 spiro atoms. The average molecular weight is 229 g/mol. The SMILES string of the molecule is CNS(=O)(=O)C[C@@H]1CC[C@H](N)C1.Cl. The van der Waals surface area contributed by atoms with Crippen molar-refractivity contribution in [2.45, 2.75) is 25.3 Å². The van der Waals surface area contributed by atoms with Crippen molar-refractivity contribution in [2.75, 3.05) is 12.8 Å². The van der Waals surface area contributed by atoms with E-state index in [-0.39, 0.29) is 30.1 Å². The summed E-state index contributed by atoms with van der Waals surface area (Å²) in [6.07, 6.45) is 2.76. The van der Waals surface area contributed by atoms with E-state index in [2.05, 4.69) is 4.72 Å². The maximum atomic E-state index is 11.1. The topological polar surface area (TPSA) is 72.2 Å². The van der Waals surface area contributed by atoms with Gasteiger partial charge in [-0.25, -0.2) is 13.1 Å². The van der Waals surface area contributed by atoms with E-state index in [9.17, 15) is 8.42 Å². The summed E-state index contributed by atoms with van der Waals surface area (Å²) in [4.78, 5) is 0. The predicted octanol–water partition coefficient (Wildman–Crippen LogP) is 0.0848. The van der Waals surface area contributed by atoms with Crippen LogP contribution in [0.4, 0.5) is 0 Å². The van der Waals surface area contributed by atoms with E-state index in [0.717, 1.165) is 19.3 Å². The van der Waals surface area contributed by atoms with Crippen LogP contribution in [-0.4, -0.2) is 27.3 Å². The normalized spacial score (nSPS) is 28.5. The summed E-state index contributed by atoms with van der Waals surface area (Å²) in [6.45, 7) is 0. The lowest BCUT2D eigenvalue weighted by molar-refractivity contribution is 0.547. The van der Waals surface area contributed by atoms with E-state index < -0.39 is 10.0 Å². The van der Waals surface area contributed by atoms with Crippen molar-refractivity contribution < 1.29 is 8.42 Å². The van der Waals surface area contributed by atoms with Crippen LogP contribution >= 0.6 is 12.4 Å². The summed E-state index contributed by atoms with van der Waals surface area (Å²) < 4.78 is 24.5. The molecule has 0 radical (unpaired) electrons. The highest BCUT2D eigenvalue weighted by atomic mass is 35.5. The summed E-state index contributed by atoms with van der Waals surface area (Å²) >= 11 is 0. The molecular weight excluding hydrogens is 212 g/mol. The summed E-state index contributed by atoms with van der Waals surface area (Å²) in [7, 11) is -1.58. The van der Waals surface area contributed by atoms with Crippen LogP contribution in [0.25, 0.3) is 0 Å². The van der Waals surface area contributed by atoms with E-state index in [1.54, 1.807) is 0 Å². The highest BCUT2D eigenvalue weighted by molar-refractivity contribution is 7.89. The van der Waals surface area contributed by atoms with Gasteiger partial charge in [-0.3, -0.25) is 0 Å². The van der Waals surface area contributed by atoms with Crippen LogP contribution in [0.15, 0.2) is 0 Å². The van der Waals surface area contributed by atoms with Crippen molar-refractivity contribution in [3.8, 4) is 0 Å². The Morgan fingerprint density at radius 1 is 1.46 bits per heavy atom. The zero-order chi connectivity index (χ0) is 9.19. The zero-order valence-electron chi connectivity index (χ0n) is 7.69. The first-order valence-electron chi connectivity index (χ1n) is 4.20. The van der Waals surface area contributed by atoms with E-state index in [1.165, 1.54) is 7.05 Å². The molecule has 6 heteroatoms. The molecule has 4 nitrogen and oxygen atoms in total. The van der Waals surface area contributed by atoms with Gasteiger partial charge in [0.15, 0.2) is 0 Å². The van der Waals surface area contributed by atoms with Crippen LogP contribution in [0.1, 0.15) is 19.3 Å². The molecule has 3 N–H and O–H groups in total. The van der Waals surface area contributed by atoms with Crippen molar-refractivity contribution in [2.24, 2.45) is 11.7 Å². The van der Waals surface area contributed by atoms with Gasteiger partial charge in [0.25, 0.3) is 0 Å². The molecule has 0 heterocycles. The lowest BCUT2D eigenvalue weighted by Crippen LogP contribution is -2.26. The van der Waals surface area contributed by atoms with Crippen LogP contribution in [0, 0.1) is 5.92 Å². The largest absolute Gasteiger partial charge is 0.328 e. The molecule has 1 saturated carbocycles. The second kappa shape index (κ2) is 5.14. The number of halogens is 1. The fourth-order valence-electron chi connectivity index (χ4n) is 1.66. The van der Waals surface area contributed by atoms with Gasteiger partial charge in [0, 0.05) is 6.04 Å². The first-order chi connectivity index (χ1) is 5.53. The fraction of sp³-hybridized carbons (Fsp3) is 1.00. The third-order valence-electron chi connectivity index (χ3n) is 2.35. The predicted molar refractivity (Wildman–Crippen MR) is 55.4 cm³/mol. The molecule has 1 aliphatic carbocycles. The molecule has 13 heavy (non-hydrogen) atoms. The van der Waals surface area contributed by atoms with Crippen LogP contribution in [-0.2, 0) is 10.0 Å². The van der Waals surface area contributed by atoms with Crippen molar-refractivity contribution >= 4 is 22.4 Å². The summed E-state index contributed by atoms with van der Waals surface area (Å²) in [5.74, 6) is 0.495. The number of nitrogens with one attached hydrogen (secondary N) is 1. The smallest absolute Gasteiger partial charge is 0.211 e. The fourth-order valence-corrected chi connectivity index (χ4v) is 2.75. The summed E-state index contributed by atoms with van der Waals surface area (Å²) in [5.41, 5.74) is 5.67. The summed E-state index contributed by atoms with van der Waals surface area (Å²) in [6, 6.07) is 0.210. The van der Waals surface area contributed by atoms with Crippen molar-refractivity contribution in [3.63, 3.8) is 0 Å². The highest BCUT2D eigenvalue weighted by Crippen LogP contribution is 2.24. The van der Waals surface area contributed by atoms with Gasteiger partial charge in [-0.2, -0.15) is 0 Å². The second-order valence-corrected chi connectivity index (χ2v) is 5.40. The molecular formula is C7H17ClN2O2S. The van der Waals surface area contributed by atoms with Gasteiger partial charge in [0.2, 0.25) is 10.0 Å². The van der Waals surface area contributed by atoms with E-state index in [1.807, 2.05) is 0 Å². The third-order valence-corrected chi connectivity index (χ3v) is 3.88. The summed E-state index contributed by atoms with van der Waals surface area (Å²) in [5, 5.41) is 0. The Morgan fingerprint density at radius 3 is 2.46 bits per heavy atom. The molecule has 0 amide bonds. The maximum Gasteiger partial charge on any atom is 0.211 e. The molecule has 0 aromatic carbocycles. The zero-order valence-corrected chi connectivity index (χ0v) is 9.33. The standard InChI is InChI=1S/C7H16N2O2S.ClH/c1-9-12(10,11)5-6-2-3-7(8)4-6;/h6-7,9H,2-5,8H2,1H3;1H/t6-,7+;/m1./s1. The minimum atomic E-state index is -3.03. The molecule has 1 fully saturated rings. The maximum absolute atomic E-state index is 11.1. The van der Waals surface area contributed by atoms with Crippen LogP contribution in [0.5, 0.6) is 0 Å². The first-order valence-corrected chi connectivity index (χ1v) is 5.85. The van der Waals surface area contributed by atoms with Gasteiger partial charge in [-0.15, -0.1) is 12.4 Å². The highest BCUT2D eigenvalue weighted by Gasteiger charge is 2.25. The third kappa shape index (κ3) is 4.26. The van der Waals surface area contributed by atoms with E-state index in [0.29, 0.717) is 0 Å². The second-order valence-electron chi connectivity index (χ2n) is 3.42. The first kappa shape index (κ1) is 13.2. The van der Waals surface area contributed by atoms with Gasteiger partial charge in [0.1, 0.15) is 0 Å². The monoisotopic (exact) mass is 228 g/mol. The number of hydrogen-bond donors (Lipinski definition) is 2. The Kier molecular flexibility index (Phi) is 5.21. The van der Waals surface area contributed by atoms with Gasteiger partial charge in [0.05, 0.1) is 5.75 Å². The molecule has 0 aliphatic heterocycles. The molecule has 0 unspecified atom stereocenters. The molecule has 1 rings (SSSR count). The van der Waals surface area contributed by atoms with Crippen molar-refractivity contribution in [1.82, 2.24) is 4.72 Å². The molecule has 80 valence electrons. The molecule has 0 saturated heterocycles. The number of nitrogens with two attached hydrogens (primary N) is 1. The van der Waals surface area contributed by atoms with Gasteiger partial charge in [-0.1, -0.05) is 0 Å². The lowest BCUT2D eigenvalue weighted by atomic mass is 10.1. The van der Waals surface area contributed by atoms with E-state index in [4.69, 9.17) is 5.73 Å². The lowest BCUT2D eigenvalue weighted by Gasteiger charge is -2.08.